The fourth-order valence-corrected chi connectivity index (χ4v) is 2.92. The number of hydrogen-bond donors (Lipinski definition) is 0. The van der Waals surface area contributed by atoms with E-state index in [-0.39, 0.29) is 17.9 Å². The van der Waals surface area contributed by atoms with E-state index >= 15 is 0 Å². The minimum Gasteiger partial charge on any atom is -0.489 e. The summed E-state index contributed by atoms with van der Waals surface area (Å²) in [5.41, 5.74) is 0.546. The van der Waals surface area contributed by atoms with Crippen molar-refractivity contribution in [1.82, 2.24) is 9.80 Å². The third-order valence-corrected chi connectivity index (χ3v) is 4.22. The molecule has 0 aliphatic carbocycles. The summed E-state index contributed by atoms with van der Waals surface area (Å²) in [4.78, 5) is 28.1. The van der Waals surface area contributed by atoms with E-state index in [9.17, 15) is 9.59 Å². The van der Waals surface area contributed by atoms with Gasteiger partial charge in [0.2, 0.25) is 5.91 Å². The Balaban J connectivity index is 1.98. The molecule has 1 saturated heterocycles. The number of piperazine rings is 1. The Morgan fingerprint density at radius 3 is 2.33 bits per heavy atom. The molecule has 0 spiro atoms. The number of amides is 2. The van der Waals surface area contributed by atoms with E-state index in [4.69, 9.17) is 16.3 Å². The zero-order valence-electron chi connectivity index (χ0n) is 14.5. The summed E-state index contributed by atoms with van der Waals surface area (Å²) in [6, 6.07) is 5.12. The molecule has 1 aliphatic heterocycles. The van der Waals surface area contributed by atoms with Crippen LogP contribution in [-0.4, -0.2) is 53.9 Å². The monoisotopic (exact) mass is 352 g/mol. The molecular formula is C18H25ClN2O3. The van der Waals surface area contributed by atoms with Gasteiger partial charge in [-0.1, -0.05) is 18.5 Å². The number of hydrogen-bond acceptors (Lipinski definition) is 3. The average molecular weight is 353 g/mol. The second-order valence-corrected chi connectivity index (χ2v) is 6.64. The molecule has 2 amide bonds. The summed E-state index contributed by atoms with van der Waals surface area (Å²) in [5, 5.41) is 0.436. The largest absolute Gasteiger partial charge is 0.489 e. The molecule has 0 saturated carbocycles. The van der Waals surface area contributed by atoms with Gasteiger partial charge in [-0.25, -0.2) is 0 Å². The summed E-state index contributed by atoms with van der Waals surface area (Å²) in [7, 11) is 0. The summed E-state index contributed by atoms with van der Waals surface area (Å²) < 4.78 is 5.59. The van der Waals surface area contributed by atoms with E-state index in [1.54, 1.807) is 23.1 Å². The quantitative estimate of drug-likeness (QED) is 0.817. The molecule has 0 bridgehead atoms. The molecule has 1 fully saturated rings. The molecule has 1 heterocycles. The van der Waals surface area contributed by atoms with Crippen molar-refractivity contribution in [3.63, 3.8) is 0 Å². The maximum absolute atomic E-state index is 12.6. The standard InChI is InChI=1S/C18H25ClN2O3/c1-4-5-17(22)20-8-10-21(11-9-20)18(23)14-6-7-16(15(19)12-14)24-13(2)3/h6-7,12-13H,4-5,8-11H2,1-3H3. The van der Waals surface area contributed by atoms with Crippen molar-refractivity contribution in [3.05, 3.63) is 28.8 Å². The molecule has 2 rings (SSSR count). The maximum Gasteiger partial charge on any atom is 0.254 e. The number of benzene rings is 1. The highest BCUT2D eigenvalue weighted by atomic mass is 35.5. The lowest BCUT2D eigenvalue weighted by atomic mass is 10.1. The first-order valence-electron chi connectivity index (χ1n) is 8.45. The smallest absolute Gasteiger partial charge is 0.254 e. The molecule has 6 heteroatoms. The molecule has 1 aromatic carbocycles. The van der Waals surface area contributed by atoms with Crippen LogP contribution in [0.2, 0.25) is 5.02 Å². The van der Waals surface area contributed by atoms with E-state index in [1.807, 2.05) is 25.7 Å². The number of carbonyl (C=O) groups is 2. The highest BCUT2D eigenvalue weighted by molar-refractivity contribution is 6.32. The molecule has 0 unspecified atom stereocenters. The van der Waals surface area contributed by atoms with Crippen LogP contribution < -0.4 is 4.74 Å². The highest BCUT2D eigenvalue weighted by Gasteiger charge is 2.24. The van der Waals surface area contributed by atoms with Crippen LogP contribution in [0.4, 0.5) is 0 Å². The molecule has 1 aliphatic rings. The van der Waals surface area contributed by atoms with Crippen molar-refractivity contribution in [1.29, 1.82) is 0 Å². The lowest BCUT2D eigenvalue weighted by Crippen LogP contribution is -2.50. The van der Waals surface area contributed by atoms with Gasteiger partial charge in [0.15, 0.2) is 0 Å². The highest BCUT2D eigenvalue weighted by Crippen LogP contribution is 2.27. The SMILES string of the molecule is CCCC(=O)N1CCN(C(=O)c2ccc(OC(C)C)c(Cl)c2)CC1. The van der Waals surface area contributed by atoms with Crippen LogP contribution in [0.25, 0.3) is 0 Å². The van der Waals surface area contributed by atoms with Crippen molar-refractivity contribution < 1.29 is 14.3 Å². The Labute approximate surface area is 148 Å². The van der Waals surface area contributed by atoms with Gasteiger partial charge in [0.1, 0.15) is 5.75 Å². The number of ether oxygens (including phenoxy) is 1. The van der Waals surface area contributed by atoms with Crippen molar-refractivity contribution >= 4 is 23.4 Å². The topological polar surface area (TPSA) is 49.9 Å². The number of rotatable bonds is 5. The van der Waals surface area contributed by atoms with Crippen LogP contribution in [0.3, 0.4) is 0 Å². The Kier molecular flexibility index (Phi) is 6.49. The predicted molar refractivity (Wildman–Crippen MR) is 94.6 cm³/mol. The van der Waals surface area contributed by atoms with Gasteiger partial charge < -0.3 is 14.5 Å². The fourth-order valence-electron chi connectivity index (χ4n) is 2.70. The van der Waals surface area contributed by atoms with Crippen LogP contribution in [-0.2, 0) is 4.79 Å². The van der Waals surface area contributed by atoms with Crippen LogP contribution in [0.15, 0.2) is 18.2 Å². The van der Waals surface area contributed by atoms with Crippen LogP contribution in [0.1, 0.15) is 44.0 Å². The van der Waals surface area contributed by atoms with E-state index in [1.165, 1.54) is 0 Å². The zero-order chi connectivity index (χ0) is 17.7. The van der Waals surface area contributed by atoms with E-state index in [0.29, 0.717) is 48.9 Å². The third-order valence-electron chi connectivity index (χ3n) is 3.92. The summed E-state index contributed by atoms with van der Waals surface area (Å²) in [6.07, 6.45) is 1.44. The summed E-state index contributed by atoms with van der Waals surface area (Å²) in [5.74, 6) is 0.691. The van der Waals surface area contributed by atoms with Gasteiger partial charge in [0, 0.05) is 38.2 Å². The first-order chi connectivity index (χ1) is 11.4. The molecule has 0 atom stereocenters. The Morgan fingerprint density at radius 2 is 1.79 bits per heavy atom. The Morgan fingerprint density at radius 1 is 1.17 bits per heavy atom. The fraction of sp³-hybridized carbons (Fsp3) is 0.556. The van der Waals surface area contributed by atoms with E-state index < -0.39 is 0 Å². The molecule has 1 aromatic rings. The second-order valence-electron chi connectivity index (χ2n) is 6.23. The molecule has 0 N–H and O–H groups in total. The maximum atomic E-state index is 12.6. The van der Waals surface area contributed by atoms with Gasteiger partial charge in [-0.2, -0.15) is 0 Å². The average Bonchev–Trinajstić information content (AvgIpc) is 2.56. The minimum atomic E-state index is -0.0596. The van der Waals surface area contributed by atoms with Crippen molar-refractivity contribution in [2.24, 2.45) is 0 Å². The van der Waals surface area contributed by atoms with Gasteiger partial charge >= 0.3 is 0 Å². The predicted octanol–water partition coefficient (Wildman–Crippen LogP) is 3.21. The van der Waals surface area contributed by atoms with Crippen LogP contribution >= 0.6 is 11.6 Å². The van der Waals surface area contributed by atoms with E-state index in [0.717, 1.165) is 6.42 Å². The lowest BCUT2D eigenvalue weighted by Gasteiger charge is -2.35. The molecule has 0 radical (unpaired) electrons. The second kappa shape index (κ2) is 8.38. The van der Waals surface area contributed by atoms with Crippen molar-refractivity contribution in [2.75, 3.05) is 26.2 Å². The van der Waals surface area contributed by atoms with Crippen LogP contribution in [0, 0.1) is 0 Å². The van der Waals surface area contributed by atoms with Crippen LogP contribution in [0.5, 0.6) is 5.75 Å². The van der Waals surface area contributed by atoms with Crippen molar-refractivity contribution in [2.45, 2.75) is 39.7 Å². The van der Waals surface area contributed by atoms with Gasteiger partial charge in [-0.15, -0.1) is 0 Å². The molecule has 5 nitrogen and oxygen atoms in total. The first-order valence-corrected chi connectivity index (χ1v) is 8.83. The Hall–Kier alpha value is -1.75. The lowest BCUT2D eigenvalue weighted by molar-refractivity contribution is -0.132. The van der Waals surface area contributed by atoms with Gasteiger partial charge in [-0.05, 0) is 38.5 Å². The Bertz CT molecular complexity index is 596. The molecular weight excluding hydrogens is 328 g/mol. The molecule has 0 aromatic heterocycles. The van der Waals surface area contributed by atoms with Gasteiger partial charge in [0.05, 0.1) is 11.1 Å². The van der Waals surface area contributed by atoms with Crippen molar-refractivity contribution in [3.8, 4) is 5.75 Å². The normalized spacial score (nSPS) is 14.9. The summed E-state index contributed by atoms with van der Waals surface area (Å²) >= 11 is 6.21. The number of carbonyl (C=O) groups excluding carboxylic acids is 2. The number of halogens is 1. The molecule has 132 valence electrons. The first kappa shape index (κ1) is 18.6. The van der Waals surface area contributed by atoms with Gasteiger partial charge in [0.25, 0.3) is 5.91 Å². The molecule has 24 heavy (non-hydrogen) atoms. The number of nitrogens with zero attached hydrogens (tertiary/aromatic N) is 2. The minimum absolute atomic E-state index is 0.0257. The zero-order valence-corrected chi connectivity index (χ0v) is 15.3. The van der Waals surface area contributed by atoms with Gasteiger partial charge in [-0.3, -0.25) is 9.59 Å². The van der Waals surface area contributed by atoms with E-state index in [2.05, 4.69) is 0 Å². The summed E-state index contributed by atoms with van der Waals surface area (Å²) in [6.45, 7) is 8.13. The third kappa shape index (κ3) is 4.63.